The summed E-state index contributed by atoms with van der Waals surface area (Å²) in [4.78, 5) is 21.7. The van der Waals surface area contributed by atoms with Crippen molar-refractivity contribution in [2.75, 3.05) is 14.2 Å². The molecule has 0 aromatic heterocycles. The molecule has 0 spiro atoms. The fraction of sp³-hybridized carbons (Fsp3) is 0.286. The highest BCUT2D eigenvalue weighted by atomic mass is 16.6. The molecule has 0 bridgehead atoms. The Morgan fingerprint density at radius 1 is 1.25 bits per heavy atom. The Morgan fingerprint density at radius 3 is 2.25 bits per heavy atom. The van der Waals surface area contributed by atoms with Crippen molar-refractivity contribution in [3.8, 4) is 0 Å². The lowest BCUT2D eigenvalue weighted by Gasteiger charge is -2.26. The second-order valence-corrected chi connectivity index (χ2v) is 4.00. The third-order valence-corrected chi connectivity index (χ3v) is 2.73. The first-order valence-corrected chi connectivity index (χ1v) is 5.74. The van der Waals surface area contributed by atoms with Gasteiger partial charge in [0, 0.05) is 12.7 Å². The van der Waals surface area contributed by atoms with Crippen molar-refractivity contribution in [1.82, 2.24) is 0 Å². The molecule has 0 saturated carbocycles. The second-order valence-electron chi connectivity index (χ2n) is 4.00. The Balaban J connectivity index is 2.92. The molecule has 1 aromatic rings. The van der Waals surface area contributed by atoms with Crippen LogP contribution in [-0.2, 0) is 14.3 Å². The molecule has 0 aliphatic heterocycles. The van der Waals surface area contributed by atoms with Crippen LogP contribution in [0.2, 0.25) is 0 Å². The van der Waals surface area contributed by atoms with E-state index in [4.69, 9.17) is 4.74 Å². The number of esters is 1. The van der Waals surface area contributed by atoms with Gasteiger partial charge in [-0.05, 0) is 11.6 Å². The maximum atomic E-state index is 11.2. The number of carbonyl (C=O) groups is 2. The highest BCUT2D eigenvalue weighted by Crippen LogP contribution is 2.17. The van der Waals surface area contributed by atoms with Gasteiger partial charge in [-0.1, -0.05) is 30.3 Å². The van der Waals surface area contributed by atoms with Gasteiger partial charge in [0.1, 0.15) is 6.29 Å². The van der Waals surface area contributed by atoms with E-state index in [0.29, 0.717) is 17.4 Å². The van der Waals surface area contributed by atoms with Crippen LogP contribution in [0, 0.1) is 0 Å². The van der Waals surface area contributed by atoms with Gasteiger partial charge in [0.05, 0.1) is 7.11 Å². The SMILES string of the molecule is COC(=O)C(O)C(O)(/C=C/c1ccc(C=O)cc1)OC. The summed E-state index contributed by atoms with van der Waals surface area (Å²) in [5, 5.41) is 19.7. The van der Waals surface area contributed by atoms with E-state index in [1.807, 2.05) is 0 Å². The van der Waals surface area contributed by atoms with E-state index in [-0.39, 0.29) is 0 Å². The molecule has 0 aliphatic rings. The zero-order chi connectivity index (χ0) is 15.2. The van der Waals surface area contributed by atoms with E-state index in [1.165, 1.54) is 6.08 Å². The van der Waals surface area contributed by atoms with E-state index in [0.717, 1.165) is 20.3 Å². The molecule has 6 heteroatoms. The minimum atomic E-state index is -2.20. The molecule has 0 radical (unpaired) electrons. The van der Waals surface area contributed by atoms with Crippen LogP contribution in [0.15, 0.2) is 30.3 Å². The van der Waals surface area contributed by atoms with Gasteiger partial charge in [0.15, 0.2) is 0 Å². The number of hydrogen-bond acceptors (Lipinski definition) is 6. The number of methoxy groups -OCH3 is 2. The molecule has 0 heterocycles. The van der Waals surface area contributed by atoms with E-state index in [2.05, 4.69) is 4.74 Å². The number of hydrogen-bond donors (Lipinski definition) is 2. The Bertz CT molecular complexity index is 493. The average Bonchev–Trinajstić information content (AvgIpc) is 2.51. The van der Waals surface area contributed by atoms with Gasteiger partial charge < -0.3 is 19.7 Å². The third-order valence-electron chi connectivity index (χ3n) is 2.73. The van der Waals surface area contributed by atoms with Crippen molar-refractivity contribution in [1.29, 1.82) is 0 Å². The second kappa shape index (κ2) is 6.95. The lowest BCUT2D eigenvalue weighted by atomic mass is 10.1. The number of rotatable bonds is 6. The monoisotopic (exact) mass is 280 g/mol. The van der Waals surface area contributed by atoms with Crippen LogP contribution >= 0.6 is 0 Å². The van der Waals surface area contributed by atoms with Crippen molar-refractivity contribution in [2.45, 2.75) is 11.9 Å². The molecule has 20 heavy (non-hydrogen) atoms. The van der Waals surface area contributed by atoms with Crippen molar-refractivity contribution in [3.63, 3.8) is 0 Å². The number of aliphatic hydroxyl groups is 2. The molecule has 1 rings (SSSR count). The molecule has 0 amide bonds. The number of ether oxygens (including phenoxy) is 2. The summed E-state index contributed by atoms with van der Waals surface area (Å²) >= 11 is 0. The van der Waals surface area contributed by atoms with Gasteiger partial charge in [-0.2, -0.15) is 0 Å². The largest absolute Gasteiger partial charge is 0.467 e. The average molecular weight is 280 g/mol. The van der Waals surface area contributed by atoms with Crippen molar-refractivity contribution < 1.29 is 29.3 Å². The van der Waals surface area contributed by atoms with Gasteiger partial charge in [-0.15, -0.1) is 0 Å². The van der Waals surface area contributed by atoms with Crippen molar-refractivity contribution in [3.05, 3.63) is 41.5 Å². The maximum Gasteiger partial charge on any atom is 0.340 e. The van der Waals surface area contributed by atoms with Crippen LogP contribution < -0.4 is 0 Å². The molecule has 2 unspecified atom stereocenters. The fourth-order valence-corrected chi connectivity index (χ4v) is 1.45. The molecule has 0 aliphatic carbocycles. The molecule has 6 nitrogen and oxygen atoms in total. The first-order valence-electron chi connectivity index (χ1n) is 5.74. The zero-order valence-corrected chi connectivity index (χ0v) is 11.1. The van der Waals surface area contributed by atoms with Crippen LogP contribution in [0.5, 0.6) is 0 Å². The van der Waals surface area contributed by atoms with E-state index >= 15 is 0 Å². The summed E-state index contributed by atoms with van der Waals surface area (Å²) in [6.07, 6.45) is 1.41. The summed E-state index contributed by atoms with van der Waals surface area (Å²) in [5.41, 5.74) is 1.17. The predicted octanol–water partition coefficient (Wildman–Crippen LogP) is 0.381. The van der Waals surface area contributed by atoms with Crippen molar-refractivity contribution >= 4 is 18.3 Å². The first kappa shape index (κ1) is 16.0. The van der Waals surface area contributed by atoms with Gasteiger partial charge in [0.2, 0.25) is 11.9 Å². The van der Waals surface area contributed by atoms with Crippen LogP contribution in [0.1, 0.15) is 15.9 Å². The highest BCUT2D eigenvalue weighted by molar-refractivity contribution is 5.77. The first-order chi connectivity index (χ1) is 9.46. The molecular formula is C14H16O6. The van der Waals surface area contributed by atoms with Gasteiger partial charge in [-0.3, -0.25) is 4.79 Å². The number of benzene rings is 1. The standard InChI is InChI=1S/C14H16O6/c1-19-13(17)12(16)14(18,20-2)8-7-10-3-5-11(9-15)6-4-10/h3-9,12,16,18H,1-2H3/b8-7+. The van der Waals surface area contributed by atoms with Crippen LogP contribution in [-0.4, -0.2) is 48.6 Å². The van der Waals surface area contributed by atoms with E-state index in [1.54, 1.807) is 24.3 Å². The minimum Gasteiger partial charge on any atom is -0.467 e. The Morgan fingerprint density at radius 2 is 1.80 bits per heavy atom. The Labute approximate surface area is 116 Å². The smallest absolute Gasteiger partial charge is 0.340 e. The number of aldehydes is 1. The molecule has 0 saturated heterocycles. The van der Waals surface area contributed by atoms with E-state index in [9.17, 15) is 19.8 Å². The predicted molar refractivity (Wildman–Crippen MR) is 70.8 cm³/mol. The molecular weight excluding hydrogens is 264 g/mol. The van der Waals surface area contributed by atoms with Gasteiger partial charge >= 0.3 is 5.97 Å². The fourth-order valence-electron chi connectivity index (χ4n) is 1.45. The third kappa shape index (κ3) is 3.74. The lowest BCUT2D eigenvalue weighted by Crippen LogP contribution is -2.47. The molecule has 2 atom stereocenters. The number of aliphatic hydroxyl groups excluding tert-OH is 1. The van der Waals surface area contributed by atoms with Gasteiger partial charge in [0.25, 0.3) is 0 Å². The molecule has 108 valence electrons. The number of carbonyl (C=O) groups excluding carboxylic acids is 2. The summed E-state index contributed by atoms with van der Waals surface area (Å²) in [6.45, 7) is 0. The Hall–Kier alpha value is -2.02. The molecule has 1 aromatic carbocycles. The van der Waals surface area contributed by atoms with Crippen molar-refractivity contribution in [2.24, 2.45) is 0 Å². The summed E-state index contributed by atoms with van der Waals surface area (Å²) in [7, 11) is 2.23. The quantitative estimate of drug-likeness (QED) is 0.444. The van der Waals surface area contributed by atoms with Gasteiger partial charge in [-0.25, -0.2) is 4.79 Å². The summed E-state index contributed by atoms with van der Waals surface area (Å²) < 4.78 is 9.09. The maximum absolute atomic E-state index is 11.2. The Kier molecular flexibility index (Phi) is 5.57. The minimum absolute atomic E-state index is 0.513. The van der Waals surface area contributed by atoms with Crippen LogP contribution in [0.4, 0.5) is 0 Å². The highest BCUT2D eigenvalue weighted by Gasteiger charge is 2.39. The molecule has 2 N–H and O–H groups in total. The lowest BCUT2D eigenvalue weighted by molar-refractivity contribution is -0.218. The summed E-state index contributed by atoms with van der Waals surface area (Å²) in [6, 6.07) is 6.46. The molecule has 0 fully saturated rings. The van der Waals surface area contributed by atoms with Crippen LogP contribution in [0.25, 0.3) is 6.08 Å². The zero-order valence-electron chi connectivity index (χ0n) is 11.1. The normalized spacial score (nSPS) is 15.6. The summed E-state index contributed by atoms with van der Waals surface area (Å²) in [5.74, 6) is -3.22. The topological polar surface area (TPSA) is 93.1 Å². The van der Waals surface area contributed by atoms with E-state index < -0.39 is 17.9 Å². The van der Waals surface area contributed by atoms with Crippen LogP contribution in [0.3, 0.4) is 0 Å².